The Labute approximate surface area is 109 Å². The molecular formula is C12H16F2N2O3. The average Bonchev–Trinajstić information content (AvgIpc) is 2.37. The Hall–Kier alpha value is -1.73. The number of carbonyl (C=O) groups is 1. The highest BCUT2D eigenvalue weighted by Crippen LogP contribution is 2.16. The topological polar surface area (TPSA) is 73.6 Å². The number of carbonyl (C=O) groups excluding carboxylic acids is 1. The van der Waals surface area contributed by atoms with Crippen LogP contribution >= 0.6 is 0 Å². The maximum absolute atomic E-state index is 13.0. The number of nitrogen functional groups attached to an aromatic ring is 1. The minimum absolute atomic E-state index is 0.101. The van der Waals surface area contributed by atoms with Crippen molar-refractivity contribution in [2.75, 3.05) is 39.2 Å². The molecule has 1 rings (SSSR count). The first kappa shape index (κ1) is 15.3. The molecule has 0 spiro atoms. The van der Waals surface area contributed by atoms with E-state index in [1.807, 2.05) is 0 Å². The molecule has 0 heterocycles. The van der Waals surface area contributed by atoms with Crippen LogP contribution in [0.3, 0.4) is 0 Å². The molecule has 0 aliphatic carbocycles. The summed E-state index contributed by atoms with van der Waals surface area (Å²) < 4.78 is 35.7. The van der Waals surface area contributed by atoms with E-state index in [1.165, 1.54) is 0 Å². The number of rotatable bonds is 7. The highest BCUT2D eigenvalue weighted by atomic mass is 19.2. The van der Waals surface area contributed by atoms with Gasteiger partial charge in [0.1, 0.15) is 0 Å². The third-order valence-corrected chi connectivity index (χ3v) is 2.30. The molecule has 0 saturated carbocycles. The van der Waals surface area contributed by atoms with E-state index in [9.17, 15) is 13.6 Å². The van der Waals surface area contributed by atoms with Gasteiger partial charge in [-0.25, -0.2) is 8.78 Å². The van der Waals surface area contributed by atoms with Gasteiger partial charge in [-0.15, -0.1) is 0 Å². The number of benzene rings is 1. The molecule has 0 unspecified atom stereocenters. The number of hydrogen-bond donors (Lipinski definition) is 2. The van der Waals surface area contributed by atoms with Crippen molar-refractivity contribution in [1.82, 2.24) is 5.32 Å². The zero-order chi connectivity index (χ0) is 14.3. The van der Waals surface area contributed by atoms with Gasteiger partial charge in [-0.3, -0.25) is 4.79 Å². The Bertz CT molecular complexity index is 441. The summed E-state index contributed by atoms with van der Waals surface area (Å²) in [5, 5.41) is 2.49. The van der Waals surface area contributed by atoms with E-state index >= 15 is 0 Å². The van der Waals surface area contributed by atoms with Crippen molar-refractivity contribution in [3.63, 3.8) is 0 Å². The Morgan fingerprint density at radius 2 is 1.95 bits per heavy atom. The Morgan fingerprint density at radius 1 is 1.26 bits per heavy atom. The van der Waals surface area contributed by atoms with Crippen molar-refractivity contribution in [3.05, 3.63) is 29.3 Å². The lowest BCUT2D eigenvalue weighted by Gasteiger charge is -2.08. The van der Waals surface area contributed by atoms with E-state index in [1.54, 1.807) is 7.11 Å². The Balaban J connectivity index is 2.43. The van der Waals surface area contributed by atoms with Crippen molar-refractivity contribution in [2.24, 2.45) is 0 Å². The van der Waals surface area contributed by atoms with Crippen molar-refractivity contribution >= 4 is 11.6 Å². The van der Waals surface area contributed by atoms with E-state index in [0.717, 1.165) is 12.1 Å². The van der Waals surface area contributed by atoms with Crippen LogP contribution in [0.15, 0.2) is 12.1 Å². The predicted molar refractivity (Wildman–Crippen MR) is 65.8 cm³/mol. The van der Waals surface area contributed by atoms with Crippen LogP contribution in [-0.4, -0.2) is 39.4 Å². The van der Waals surface area contributed by atoms with Gasteiger partial charge in [-0.1, -0.05) is 0 Å². The number of anilines is 1. The number of hydrogen-bond acceptors (Lipinski definition) is 4. The van der Waals surface area contributed by atoms with E-state index in [-0.39, 0.29) is 17.8 Å². The molecule has 0 aromatic heterocycles. The van der Waals surface area contributed by atoms with Crippen LogP contribution in [0.4, 0.5) is 14.5 Å². The maximum atomic E-state index is 13.0. The summed E-state index contributed by atoms with van der Waals surface area (Å²) in [7, 11) is 1.55. The third kappa shape index (κ3) is 4.80. The largest absolute Gasteiger partial charge is 0.398 e. The standard InChI is InChI=1S/C12H16F2N2O3/c1-18-4-5-19-3-2-16-12(17)8-6-9(13)10(14)7-11(8)15/h6-7H,2-5,15H2,1H3,(H,16,17). The number of methoxy groups -OCH3 is 1. The molecule has 1 aromatic carbocycles. The SMILES string of the molecule is COCCOCCNC(=O)c1cc(F)c(F)cc1N. The van der Waals surface area contributed by atoms with Crippen LogP contribution in [0.1, 0.15) is 10.4 Å². The summed E-state index contributed by atoms with van der Waals surface area (Å²) in [6.45, 7) is 1.41. The van der Waals surface area contributed by atoms with Crippen molar-refractivity contribution in [2.45, 2.75) is 0 Å². The van der Waals surface area contributed by atoms with Crippen molar-refractivity contribution in [1.29, 1.82) is 0 Å². The number of ether oxygens (including phenoxy) is 2. The van der Waals surface area contributed by atoms with Crippen LogP contribution in [0.5, 0.6) is 0 Å². The van der Waals surface area contributed by atoms with Crippen LogP contribution in [0.25, 0.3) is 0 Å². The first-order chi connectivity index (χ1) is 9.06. The minimum atomic E-state index is -1.12. The lowest BCUT2D eigenvalue weighted by Crippen LogP contribution is -2.28. The zero-order valence-electron chi connectivity index (χ0n) is 10.5. The fourth-order valence-corrected chi connectivity index (χ4v) is 1.34. The molecule has 106 valence electrons. The minimum Gasteiger partial charge on any atom is -0.398 e. The molecule has 5 nitrogen and oxygen atoms in total. The van der Waals surface area contributed by atoms with Crippen molar-refractivity contribution < 1.29 is 23.0 Å². The lowest BCUT2D eigenvalue weighted by atomic mass is 10.1. The molecule has 7 heteroatoms. The molecule has 0 fully saturated rings. The molecule has 19 heavy (non-hydrogen) atoms. The summed E-state index contributed by atoms with van der Waals surface area (Å²) in [4.78, 5) is 11.7. The lowest BCUT2D eigenvalue weighted by molar-refractivity contribution is 0.0693. The molecule has 0 radical (unpaired) electrons. The smallest absolute Gasteiger partial charge is 0.253 e. The summed E-state index contributed by atoms with van der Waals surface area (Å²) in [5.41, 5.74) is 5.23. The van der Waals surface area contributed by atoms with E-state index < -0.39 is 17.5 Å². The van der Waals surface area contributed by atoms with Crippen molar-refractivity contribution in [3.8, 4) is 0 Å². The molecule has 0 aliphatic rings. The number of halogens is 2. The second kappa shape index (κ2) is 7.65. The quantitative estimate of drug-likeness (QED) is 0.573. The predicted octanol–water partition coefficient (Wildman–Crippen LogP) is 0.940. The van der Waals surface area contributed by atoms with E-state index in [2.05, 4.69) is 5.32 Å². The molecule has 1 aromatic rings. The molecule has 0 bridgehead atoms. The third-order valence-electron chi connectivity index (χ3n) is 2.30. The first-order valence-corrected chi connectivity index (χ1v) is 5.65. The van der Waals surface area contributed by atoms with Crippen LogP contribution < -0.4 is 11.1 Å². The Morgan fingerprint density at radius 3 is 2.63 bits per heavy atom. The van der Waals surface area contributed by atoms with Gasteiger partial charge in [-0.2, -0.15) is 0 Å². The molecule has 0 atom stereocenters. The highest BCUT2D eigenvalue weighted by Gasteiger charge is 2.13. The monoisotopic (exact) mass is 274 g/mol. The molecule has 3 N–H and O–H groups in total. The van der Waals surface area contributed by atoms with Gasteiger partial charge in [0.2, 0.25) is 0 Å². The summed E-state index contributed by atoms with van der Waals surface area (Å²) in [6, 6.07) is 1.55. The van der Waals surface area contributed by atoms with Gasteiger partial charge in [-0.05, 0) is 6.07 Å². The van der Waals surface area contributed by atoms with Crippen LogP contribution in [-0.2, 0) is 9.47 Å². The van der Waals surface area contributed by atoms with Gasteiger partial charge in [0.25, 0.3) is 5.91 Å². The average molecular weight is 274 g/mol. The van der Waals surface area contributed by atoms with E-state index in [4.69, 9.17) is 15.2 Å². The highest BCUT2D eigenvalue weighted by molar-refractivity contribution is 5.99. The molecule has 0 aliphatic heterocycles. The first-order valence-electron chi connectivity index (χ1n) is 5.65. The normalized spacial score (nSPS) is 10.5. The van der Waals surface area contributed by atoms with Gasteiger partial charge in [0, 0.05) is 25.4 Å². The molecular weight excluding hydrogens is 258 g/mol. The van der Waals surface area contributed by atoms with Gasteiger partial charge >= 0.3 is 0 Å². The zero-order valence-corrected chi connectivity index (χ0v) is 10.5. The second-order valence-corrected chi connectivity index (χ2v) is 3.71. The van der Waals surface area contributed by atoms with E-state index in [0.29, 0.717) is 19.8 Å². The van der Waals surface area contributed by atoms with Crippen LogP contribution in [0.2, 0.25) is 0 Å². The summed E-state index contributed by atoms with van der Waals surface area (Å²) >= 11 is 0. The molecule has 1 amide bonds. The summed E-state index contributed by atoms with van der Waals surface area (Å²) in [5.74, 6) is -2.78. The summed E-state index contributed by atoms with van der Waals surface area (Å²) in [6.07, 6.45) is 0. The number of amides is 1. The van der Waals surface area contributed by atoms with Gasteiger partial charge in [0.05, 0.1) is 25.4 Å². The maximum Gasteiger partial charge on any atom is 0.253 e. The fourth-order valence-electron chi connectivity index (χ4n) is 1.34. The number of nitrogens with one attached hydrogen (secondary N) is 1. The Kier molecular flexibility index (Phi) is 6.17. The molecule has 0 saturated heterocycles. The van der Waals surface area contributed by atoms with Gasteiger partial charge < -0.3 is 20.5 Å². The van der Waals surface area contributed by atoms with Gasteiger partial charge in [0.15, 0.2) is 11.6 Å². The fraction of sp³-hybridized carbons (Fsp3) is 0.417. The second-order valence-electron chi connectivity index (χ2n) is 3.71. The number of nitrogens with two attached hydrogens (primary N) is 1. The van der Waals surface area contributed by atoms with Crippen LogP contribution in [0, 0.1) is 11.6 Å².